The van der Waals surface area contributed by atoms with E-state index >= 15 is 0 Å². The molecule has 0 spiro atoms. The van der Waals surface area contributed by atoms with E-state index in [9.17, 15) is 19.2 Å². The SMILES string of the molecule is CC(=O)OC1OC(CSC(=N)N)C(OC(C)=O)C(OC(C)=O)C1OC(C)=O. The van der Waals surface area contributed by atoms with E-state index in [2.05, 4.69) is 0 Å². The lowest BCUT2D eigenvalue weighted by molar-refractivity contribution is -0.291. The summed E-state index contributed by atoms with van der Waals surface area (Å²) in [5, 5.41) is 7.09. The maximum Gasteiger partial charge on any atom is 0.305 e. The van der Waals surface area contributed by atoms with Crippen LogP contribution in [0.15, 0.2) is 0 Å². The summed E-state index contributed by atoms with van der Waals surface area (Å²) < 4.78 is 26.2. The lowest BCUT2D eigenvalue weighted by atomic mass is 9.98. The molecule has 0 saturated carbocycles. The summed E-state index contributed by atoms with van der Waals surface area (Å²) in [4.78, 5) is 46.0. The van der Waals surface area contributed by atoms with E-state index in [1.54, 1.807) is 0 Å². The molecular formula is C15H22N2O9S. The summed E-state index contributed by atoms with van der Waals surface area (Å²) in [7, 11) is 0. The van der Waals surface area contributed by atoms with Gasteiger partial charge in [-0.05, 0) is 0 Å². The van der Waals surface area contributed by atoms with Crippen molar-refractivity contribution in [2.24, 2.45) is 5.73 Å². The number of carbonyl (C=O) groups is 4. The highest BCUT2D eigenvalue weighted by atomic mass is 32.2. The average molecular weight is 406 g/mol. The molecule has 0 amide bonds. The maximum atomic E-state index is 11.6. The quantitative estimate of drug-likeness (QED) is 0.257. The van der Waals surface area contributed by atoms with E-state index in [1.807, 2.05) is 0 Å². The van der Waals surface area contributed by atoms with Crippen LogP contribution < -0.4 is 5.73 Å². The molecule has 0 bridgehead atoms. The van der Waals surface area contributed by atoms with E-state index < -0.39 is 54.6 Å². The molecule has 0 aromatic rings. The number of rotatable bonds is 6. The van der Waals surface area contributed by atoms with Gasteiger partial charge >= 0.3 is 23.9 Å². The molecule has 1 aliphatic heterocycles. The van der Waals surface area contributed by atoms with Gasteiger partial charge in [-0.15, -0.1) is 0 Å². The molecule has 0 aromatic heterocycles. The van der Waals surface area contributed by atoms with Crippen molar-refractivity contribution in [3.05, 3.63) is 0 Å². The molecule has 1 rings (SSSR count). The van der Waals surface area contributed by atoms with Crippen molar-refractivity contribution in [3.63, 3.8) is 0 Å². The second-order valence-corrected chi connectivity index (χ2v) is 6.61. The Balaban J connectivity index is 3.29. The van der Waals surface area contributed by atoms with Crippen molar-refractivity contribution < 1.29 is 42.9 Å². The van der Waals surface area contributed by atoms with Gasteiger partial charge in [0.05, 0.1) is 0 Å². The minimum absolute atomic E-state index is 0.0234. The van der Waals surface area contributed by atoms with Crippen molar-refractivity contribution in [3.8, 4) is 0 Å². The first-order valence-corrected chi connectivity index (χ1v) is 8.81. The Labute approximate surface area is 159 Å². The number of hydrogen-bond donors (Lipinski definition) is 2. The average Bonchev–Trinajstić information content (AvgIpc) is 2.49. The highest BCUT2D eigenvalue weighted by molar-refractivity contribution is 8.13. The highest BCUT2D eigenvalue weighted by Crippen LogP contribution is 2.31. The van der Waals surface area contributed by atoms with Crippen molar-refractivity contribution >= 4 is 40.8 Å². The maximum absolute atomic E-state index is 11.6. The molecule has 11 nitrogen and oxygen atoms in total. The topological polar surface area (TPSA) is 164 Å². The van der Waals surface area contributed by atoms with Crippen LogP contribution in [0, 0.1) is 5.41 Å². The molecule has 0 radical (unpaired) electrons. The van der Waals surface area contributed by atoms with Crippen LogP contribution in [-0.2, 0) is 42.9 Å². The van der Waals surface area contributed by atoms with Gasteiger partial charge in [0.15, 0.2) is 17.4 Å². The number of carbonyl (C=O) groups excluding carboxylic acids is 4. The Bertz CT molecular complexity index is 612. The van der Waals surface area contributed by atoms with E-state index in [1.165, 1.54) is 0 Å². The molecule has 152 valence electrons. The van der Waals surface area contributed by atoms with E-state index in [0.29, 0.717) is 0 Å². The molecular weight excluding hydrogens is 384 g/mol. The third-order valence-corrected chi connectivity index (χ3v) is 3.99. The molecule has 1 aliphatic rings. The lowest BCUT2D eigenvalue weighted by Crippen LogP contribution is -2.62. The number of nitrogens with one attached hydrogen (secondary N) is 1. The van der Waals surface area contributed by atoms with Gasteiger partial charge in [0.25, 0.3) is 0 Å². The van der Waals surface area contributed by atoms with Crippen LogP contribution in [0.5, 0.6) is 0 Å². The van der Waals surface area contributed by atoms with Gasteiger partial charge in [-0.25, -0.2) is 0 Å². The van der Waals surface area contributed by atoms with E-state index in [-0.39, 0.29) is 10.9 Å². The summed E-state index contributed by atoms with van der Waals surface area (Å²) in [6.07, 6.45) is -6.23. The van der Waals surface area contributed by atoms with Crippen LogP contribution >= 0.6 is 11.8 Å². The largest absolute Gasteiger partial charge is 0.456 e. The third-order valence-electron chi connectivity index (χ3n) is 3.18. The van der Waals surface area contributed by atoms with Crippen LogP contribution in [0.4, 0.5) is 0 Å². The molecule has 1 fully saturated rings. The third kappa shape index (κ3) is 7.43. The monoisotopic (exact) mass is 406 g/mol. The Morgan fingerprint density at radius 1 is 0.852 bits per heavy atom. The van der Waals surface area contributed by atoms with E-state index in [4.69, 9.17) is 34.8 Å². The standard InChI is InChI=1S/C15H22N2O9S/c1-6(18)22-11-10(5-27-15(16)17)26-14(25-9(4)21)13(24-8(3)20)12(11)23-7(2)19/h10-14H,5H2,1-4H3,(H3,16,17). The summed E-state index contributed by atoms with van der Waals surface area (Å²) in [6, 6.07) is 0. The number of nitrogens with two attached hydrogens (primary N) is 1. The van der Waals surface area contributed by atoms with Gasteiger partial charge in [-0.2, -0.15) is 0 Å². The molecule has 1 heterocycles. The second kappa shape index (κ2) is 10.1. The number of amidine groups is 1. The van der Waals surface area contributed by atoms with Crippen molar-refractivity contribution in [2.45, 2.75) is 58.4 Å². The Morgan fingerprint density at radius 2 is 1.30 bits per heavy atom. The van der Waals surface area contributed by atoms with Crippen LogP contribution in [0.3, 0.4) is 0 Å². The van der Waals surface area contributed by atoms with E-state index in [0.717, 1.165) is 39.5 Å². The first kappa shape index (κ1) is 22.7. The van der Waals surface area contributed by atoms with Crippen molar-refractivity contribution in [2.75, 3.05) is 5.75 Å². The number of hydrogen-bond acceptors (Lipinski definition) is 11. The van der Waals surface area contributed by atoms with Crippen molar-refractivity contribution in [1.29, 1.82) is 5.41 Å². The minimum atomic E-state index is -1.42. The predicted molar refractivity (Wildman–Crippen MR) is 91.5 cm³/mol. The number of ether oxygens (including phenoxy) is 5. The van der Waals surface area contributed by atoms with Crippen LogP contribution in [-0.4, -0.2) is 65.5 Å². The first-order valence-electron chi connectivity index (χ1n) is 7.82. The van der Waals surface area contributed by atoms with Crippen LogP contribution in [0.25, 0.3) is 0 Å². The molecule has 27 heavy (non-hydrogen) atoms. The van der Waals surface area contributed by atoms with Gasteiger partial charge in [0, 0.05) is 33.4 Å². The molecule has 12 heteroatoms. The normalized spacial score (nSPS) is 27.2. The Morgan fingerprint density at radius 3 is 1.74 bits per heavy atom. The molecule has 1 saturated heterocycles. The molecule has 5 unspecified atom stereocenters. The Kier molecular flexibility index (Phi) is 8.50. The zero-order valence-electron chi connectivity index (χ0n) is 15.3. The molecule has 5 atom stereocenters. The molecule has 0 aromatic carbocycles. The van der Waals surface area contributed by atoms with Crippen molar-refractivity contribution in [1.82, 2.24) is 0 Å². The van der Waals surface area contributed by atoms with Crippen LogP contribution in [0.2, 0.25) is 0 Å². The highest BCUT2D eigenvalue weighted by Gasteiger charge is 2.53. The fourth-order valence-corrected chi connectivity index (χ4v) is 3.03. The Hall–Kier alpha value is -2.34. The predicted octanol–water partition coefficient (Wildman–Crippen LogP) is -0.304. The van der Waals surface area contributed by atoms with Gasteiger partial charge in [0.1, 0.15) is 6.10 Å². The fraction of sp³-hybridized carbons (Fsp3) is 0.667. The van der Waals surface area contributed by atoms with Gasteiger partial charge in [-0.3, -0.25) is 24.6 Å². The van der Waals surface area contributed by atoms with Gasteiger partial charge < -0.3 is 29.4 Å². The minimum Gasteiger partial charge on any atom is -0.456 e. The summed E-state index contributed by atoms with van der Waals surface area (Å²) in [5.74, 6) is -2.91. The first-order chi connectivity index (χ1) is 12.5. The molecule has 3 N–H and O–H groups in total. The summed E-state index contributed by atoms with van der Waals surface area (Å²) >= 11 is 0.882. The second-order valence-electron chi connectivity index (χ2n) is 5.55. The van der Waals surface area contributed by atoms with Gasteiger partial charge in [-0.1, -0.05) is 11.8 Å². The zero-order valence-corrected chi connectivity index (χ0v) is 16.1. The van der Waals surface area contributed by atoms with Crippen LogP contribution in [0.1, 0.15) is 27.7 Å². The smallest absolute Gasteiger partial charge is 0.305 e. The fourth-order valence-electron chi connectivity index (χ4n) is 2.42. The molecule has 0 aliphatic carbocycles. The lowest BCUT2D eigenvalue weighted by Gasteiger charge is -2.43. The van der Waals surface area contributed by atoms with Gasteiger partial charge in [0.2, 0.25) is 12.4 Å². The number of esters is 4. The number of thioether (sulfide) groups is 1. The summed E-state index contributed by atoms with van der Waals surface area (Å²) in [5.41, 5.74) is 5.32. The summed E-state index contributed by atoms with van der Waals surface area (Å²) in [6.45, 7) is 4.48. The zero-order chi connectivity index (χ0) is 20.7.